The molecule has 5 heteroatoms. The summed E-state index contributed by atoms with van der Waals surface area (Å²) >= 11 is 0. The van der Waals surface area contributed by atoms with Gasteiger partial charge in [0.15, 0.2) is 0 Å². The van der Waals surface area contributed by atoms with Gasteiger partial charge in [0.2, 0.25) is 10.0 Å². The molecule has 1 heterocycles. The molecule has 0 bridgehead atoms. The molecule has 1 aliphatic heterocycles. The first kappa shape index (κ1) is 24.0. The van der Waals surface area contributed by atoms with Crippen molar-refractivity contribution in [2.24, 2.45) is 0 Å². The molecule has 0 aromatic heterocycles. The molecule has 34 heavy (non-hydrogen) atoms. The fraction of sp³-hybridized carbons (Fsp3) is 0.241. The highest BCUT2D eigenvalue weighted by atomic mass is 32.2. The van der Waals surface area contributed by atoms with Crippen molar-refractivity contribution in [1.82, 2.24) is 4.31 Å². The van der Waals surface area contributed by atoms with Gasteiger partial charge in [-0.1, -0.05) is 73.2 Å². The van der Waals surface area contributed by atoms with Gasteiger partial charge >= 0.3 is 0 Å². The highest BCUT2D eigenvalue weighted by molar-refractivity contribution is 7.89. The molecule has 0 aliphatic carbocycles. The molecule has 0 atom stereocenters. The lowest BCUT2D eigenvalue weighted by Crippen LogP contribution is -2.36. The van der Waals surface area contributed by atoms with E-state index in [9.17, 15) is 8.42 Å². The SMILES string of the molecule is CCC1=CCN(S(=O)(=O)c2ccc(C)cc2)C/C1=C(/c1ccccc1)c1cccc(N(C)C)c1. The van der Waals surface area contributed by atoms with E-state index < -0.39 is 10.0 Å². The van der Waals surface area contributed by atoms with E-state index in [1.54, 1.807) is 16.4 Å². The second-order valence-corrected chi connectivity index (χ2v) is 10.8. The molecular weight excluding hydrogens is 440 g/mol. The third-order valence-electron chi connectivity index (χ3n) is 6.32. The lowest BCUT2D eigenvalue weighted by molar-refractivity contribution is 0.459. The molecule has 4 nitrogen and oxygen atoms in total. The Bertz CT molecular complexity index is 1320. The summed E-state index contributed by atoms with van der Waals surface area (Å²) in [6, 6.07) is 25.8. The number of sulfonamides is 1. The van der Waals surface area contributed by atoms with E-state index >= 15 is 0 Å². The van der Waals surface area contributed by atoms with Crippen LogP contribution in [0.2, 0.25) is 0 Å². The number of hydrogen-bond donors (Lipinski definition) is 0. The summed E-state index contributed by atoms with van der Waals surface area (Å²) in [6.07, 6.45) is 2.92. The number of aryl methyl sites for hydroxylation is 1. The van der Waals surface area contributed by atoms with Gasteiger partial charge in [-0.15, -0.1) is 0 Å². The lowest BCUT2D eigenvalue weighted by atomic mass is 9.87. The van der Waals surface area contributed by atoms with Gasteiger partial charge in [-0.3, -0.25) is 0 Å². The topological polar surface area (TPSA) is 40.6 Å². The molecule has 0 spiro atoms. The summed E-state index contributed by atoms with van der Waals surface area (Å²) in [5.74, 6) is 0. The molecule has 0 N–H and O–H groups in total. The van der Waals surface area contributed by atoms with Crippen molar-refractivity contribution in [2.75, 3.05) is 32.1 Å². The van der Waals surface area contributed by atoms with Crippen LogP contribution in [0.3, 0.4) is 0 Å². The van der Waals surface area contributed by atoms with Crippen molar-refractivity contribution in [3.05, 3.63) is 113 Å². The van der Waals surface area contributed by atoms with Gasteiger partial charge in [0.05, 0.1) is 4.90 Å². The van der Waals surface area contributed by atoms with Gasteiger partial charge in [-0.05, 0) is 65.5 Å². The van der Waals surface area contributed by atoms with Crippen LogP contribution in [0.25, 0.3) is 5.57 Å². The van der Waals surface area contributed by atoms with E-state index in [1.165, 1.54) is 5.57 Å². The van der Waals surface area contributed by atoms with E-state index in [2.05, 4.69) is 54.3 Å². The van der Waals surface area contributed by atoms with Gasteiger partial charge < -0.3 is 4.90 Å². The maximum atomic E-state index is 13.5. The fourth-order valence-corrected chi connectivity index (χ4v) is 5.72. The molecule has 1 aliphatic rings. The molecule has 0 fully saturated rings. The van der Waals surface area contributed by atoms with Crippen LogP contribution < -0.4 is 4.90 Å². The second kappa shape index (κ2) is 10.00. The maximum absolute atomic E-state index is 13.5. The Kier molecular flexibility index (Phi) is 7.05. The minimum absolute atomic E-state index is 0.335. The van der Waals surface area contributed by atoms with Crippen molar-refractivity contribution < 1.29 is 8.42 Å². The smallest absolute Gasteiger partial charge is 0.243 e. The zero-order valence-electron chi connectivity index (χ0n) is 20.3. The number of benzene rings is 3. The van der Waals surface area contributed by atoms with Crippen molar-refractivity contribution in [1.29, 1.82) is 0 Å². The molecule has 3 aromatic carbocycles. The Labute approximate surface area is 203 Å². The number of nitrogens with zero attached hydrogens (tertiary/aromatic N) is 2. The van der Waals surface area contributed by atoms with E-state index in [0.29, 0.717) is 18.0 Å². The molecule has 0 amide bonds. The quantitative estimate of drug-likeness (QED) is 0.448. The molecule has 4 rings (SSSR count). The van der Waals surface area contributed by atoms with E-state index in [1.807, 2.05) is 51.4 Å². The monoisotopic (exact) mass is 472 g/mol. The van der Waals surface area contributed by atoms with Gasteiger partial charge in [0, 0.05) is 32.9 Å². The van der Waals surface area contributed by atoms with Crippen molar-refractivity contribution in [3.8, 4) is 0 Å². The van der Waals surface area contributed by atoms with Crippen LogP contribution >= 0.6 is 0 Å². The molecule has 0 radical (unpaired) electrons. The highest BCUT2D eigenvalue weighted by Gasteiger charge is 2.30. The summed E-state index contributed by atoms with van der Waals surface area (Å²) in [5.41, 5.74) is 7.66. The maximum Gasteiger partial charge on any atom is 0.243 e. The van der Waals surface area contributed by atoms with Crippen molar-refractivity contribution in [3.63, 3.8) is 0 Å². The van der Waals surface area contributed by atoms with Gasteiger partial charge in [-0.2, -0.15) is 4.31 Å². The Morgan fingerprint density at radius 1 is 0.912 bits per heavy atom. The van der Waals surface area contributed by atoms with Crippen LogP contribution in [0.5, 0.6) is 0 Å². The Hall–Kier alpha value is -3.15. The average molecular weight is 473 g/mol. The number of anilines is 1. The summed E-state index contributed by atoms with van der Waals surface area (Å²) in [6.45, 7) is 4.81. The summed E-state index contributed by atoms with van der Waals surface area (Å²) in [5, 5.41) is 0. The minimum atomic E-state index is -3.62. The van der Waals surface area contributed by atoms with Crippen molar-refractivity contribution in [2.45, 2.75) is 25.2 Å². The summed E-state index contributed by atoms with van der Waals surface area (Å²) in [4.78, 5) is 2.42. The van der Waals surface area contributed by atoms with E-state index in [0.717, 1.165) is 39.9 Å². The largest absolute Gasteiger partial charge is 0.378 e. The third-order valence-corrected chi connectivity index (χ3v) is 8.14. The van der Waals surface area contributed by atoms with Crippen LogP contribution in [-0.2, 0) is 10.0 Å². The van der Waals surface area contributed by atoms with Crippen LogP contribution in [0.1, 0.15) is 30.0 Å². The predicted molar refractivity (Wildman–Crippen MR) is 142 cm³/mol. The first-order chi connectivity index (χ1) is 16.3. The van der Waals surface area contributed by atoms with Crippen molar-refractivity contribution >= 4 is 21.3 Å². The molecule has 0 saturated heterocycles. The normalized spacial score (nSPS) is 16.2. The molecule has 176 valence electrons. The Morgan fingerprint density at radius 3 is 2.24 bits per heavy atom. The second-order valence-electron chi connectivity index (χ2n) is 8.86. The third kappa shape index (κ3) is 4.86. The molecule has 0 unspecified atom stereocenters. The lowest BCUT2D eigenvalue weighted by Gasteiger charge is -2.30. The highest BCUT2D eigenvalue weighted by Crippen LogP contribution is 2.36. The Balaban J connectivity index is 1.89. The number of hydrogen-bond acceptors (Lipinski definition) is 3. The first-order valence-corrected chi connectivity index (χ1v) is 13.1. The summed E-state index contributed by atoms with van der Waals surface area (Å²) < 4.78 is 28.7. The number of rotatable bonds is 6. The summed E-state index contributed by atoms with van der Waals surface area (Å²) in [7, 11) is 0.444. The molecule has 3 aromatic rings. The van der Waals surface area contributed by atoms with E-state index in [4.69, 9.17) is 0 Å². The van der Waals surface area contributed by atoms with Gasteiger partial charge in [-0.25, -0.2) is 8.42 Å². The first-order valence-electron chi connectivity index (χ1n) is 11.6. The zero-order chi connectivity index (χ0) is 24.3. The van der Waals surface area contributed by atoms with Gasteiger partial charge in [0.25, 0.3) is 0 Å². The Morgan fingerprint density at radius 2 is 1.59 bits per heavy atom. The molecular formula is C29H32N2O2S. The molecule has 0 saturated carbocycles. The van der Waals surface area contributed by atoms with Crippen LogP contribution in [0, 0.1) is 6.92 Å². The van der Waals surface area contributed by atoms with Crippen LogP contribution in [0.15, 0.2) is 101 Å². The van der Waals surface area contributed by atoms with Crippen LogP contribution in [0.4, 0.5) is 5.69 Å². The van der Waals surface area contributed by atoms with E-state index in [-0.39, 0.29) is 0 Å². The average Bonchev–Trinajstić information content (AvgIpc) is 2.85. The minimum Gasteiger partial charge on any atom is -0.378 e. The predicted octanol–water partition coefficient (Wildman–Crippen LogP) is 5.90. The standard InChI is InChI=1S/C29H32N2O2S/c1-5-23-18-19-31(34(32,33)27-16-14-22(2)15-17-27)21-28(23)29(24-10-7-6-8-11-24)25-12-9-13-26(20-25)30(3)4/h6-18,20H,5,19,21H2,1-4H3/b29-28+. The fourth-order valence-electron chi connectivity index (χ4n) is 4.38. The zero-order valence-corrected chi connectivity index (χ0v) is 21.1. The van der Waals surface area contributed by atoms with Crippen LogP contribution in [-0.4, -0.2) is 39.9 Å². The van der Waals surface area contributed by atoms with Gasteiger partial charge in [0.1, 0.15) is 0 Å².